The van der Waals surface area contributed by atoms with Gasteiger partial charge in [-0.2, -0.15) is 0 Å². The summed E-state index contributed by atoms with van der Waals surface area (Å²) in [6, 6.07) is 7.92. The van der Waals surface area contributed by atoms with Crippen molar-refractivity contribution in [1.82, 2.24) is 0 Å². The van der Waals surface area contributed by atoms with E-state index in [1.165, 1.54) is 19.2 Å². The molecule has 0 saturated carbocycles. The summed E-state index contributed by atoms with van der Waals surface area (Å²) in [5.41, 5.74) is -8.06. The fourth-order valence-electron chi connectivity index (χ4n) is 4.85. The third kappa shape index (κ3) is 6.22. The molecule has 1 amide bonds. The molecule has 0 spiro atoms. The quantitative estimate of drug-likeness (QED) is 0.114. The van der Waals surface area contributed by atoms with Gasteiger partial charge in [0.1, 0.15) is 0 Å². The first kappa shape index (κ1) is 34.0. The number of nitrogens with zero attached hydrogens (tertiary/aromatic N) is 2. The number of carbonyl (C=O) groups is 1. The summed E-state index contributed by atoms with van der Waals surface area (Å²) in [5.74, 6) is -0.350. The zero-order chi connectivity index (χ0) is 29.7. The molecule has 0 aliphatic heterocycles. The molecule has 1 aromatic carbocycles. The van der Waals surface area contributed by atoms with Gasteiger partial charge < -0.3 is 0 Å². The Kier molecular flexibility index (Phi) is 11.1. The van der Waals surface area contributed by atoms with Crippen molar-refractivity contribution in [3.63, 3.8) is 0 Å². The standard InChI is InChI=1S/C24H35ClF3N2O6PS/c1-9-35-23(31)30(21-12-10-11-20(25)13-21)22(34-8)19(14-29)15-37(16(2)3,17(4)5,18(6)7)36-38(32,33)24(26,27)28/h10-13,16-18H,9,15H2,1-8H3/b22-19-. The number of rotatable bonds is 11. The van der Waals surface area contributed by atoms with Gasteiger partial charge in [-0.1, -0.05) is 0 Å². The van der Waals surface area contributed by atoms with Crippen molar-refractivity contribution in [2.75, 3.05) is 24.8 Å². The molecule has 1 rings (SSSR count). The summed E-state index contributed by atoms with van der Waals surface area (Å²) < 4.78 is 82.1. The molecule has 0 heterocycles. The minimum absolute atomic E-state index is 0.0365. The predicted octanol–water partition coefficient (Wildman–Crippen LogP) is 7.24. The molecule has 0 unspecified atom stereocenters. The molecule has 0 bridgehead atoms. The van der Waals surface area contributed by atoms with Crippen molar-refractivity contribution in [2.45, 2.75) is 71.0 Å². The summed E-state index contributed by atoms with van der Waals surface area (Å²) in [4.78, 5) is 14.0. The Labute approximate surface area is 227 Å². The average molecular weight is 603 g/mol. The molecule has 0 atom stereocenters. The van der Waals surface area contributed by atoms with Crippen molar-refractivity contribution >= 4 is 40.3 Å². The normalized spacial score (nSPS) is 14.5. The molecule has 8 nitrogen and oxygen atoms in total. The summed E-state index contributed by atoms with van der Waals surface area (Å²) in [6.07, 6.45) is -1.47. The molecule has 0 aliphatic rings. The molecule has 0 saturated heterocycles. The Hall–Kier alpha value is -2.06. The maximum absolute atomic E-state index is 13.7. The molecule has 38 heavy (non-hydrogen) atoms. The van der Waals surface area contributed by atoms with Crippen LogP contribution in [-0.2, 0) is 23.6 Å². The van der Waals surface area contributed by atoms with Crippen LogP contribution in [0.5, 0.6) is 0 Å². The molecular formula is C24H35ClF3N2O6PS. The van der Waals surface area contributed by atoms with Crippen molar-refractivity contribution in [3.05, 3.63) is 40.7 Å². The molecule has 0 aromatic heterocycles. The number of hydrogen-bond donors (Lipinski definition) is 0. The SMILES string of the molecule is CCOC(=O)N(/C(OC)=C(\C#N)CP(OS(=O)(=O)C(F)(F)F)(C(C)C)(C(C)C)C(C)C)c1cccc(Cl)c1. The van der Waals surface area contributed by atoms with E-state index in [2.05, 4.69) is 0 Å². The zero-order valence-electron chi connectivity index (χ0n) is 22.7. The molecule has 0 aliphatic carbocycles. The van der Waals surface area contributed by atoms with Crippen molar-refractivity contribution in [2.24, 2.45) is 0 Å². The number of alkyl halides is 3. The topological polar surface area (TPSA) is 106 Å². The molecule has 0 radical (unpaired) electrons. The number of allylic oxidation sites excluding steroid dienone is 1. The van der Waals surface area contributed by atoms with Crippen LogP contribution in [-0.4, -0.2) is 56.9 Å². The van der Waals surface area contributed by atoms with Gasteiger partial charge in [0, 0.05) is 0 Å². The van der Waals surface area contributed by atoms with Gasteiger partial charge in [-0.25, -0.2) is 0 Å². The van der Waals surface area contributed by atoms with Gasteiger partial charge >= 0.3 is 228 Å². The van der Waals surface area contributed by atoms with Gasteiger partial charge in [0.25, 0.3) is 0 Å². The van der Waals surface area contributed by atoms with E-state index in [0.717, 1.165) is 4.90 Å². The fourth-order valence-corrected chi connectivity index (χ4v) is 15.1. The average Bonchev–Trinajstić information content (AvgIpc) is 2.79. The first-order valence-corrected chi connectivity index (χ1v) is 16.1. The number of ether oxygens (including phenoxy) is 2. The van der Waals surface area contributed by atoms with E-state index < -0.39 is 51.7 Å². The Bertz CT molecular complexity index is 1170. The summed E-state index contributed by atoms with van der Waals surface area (Å²) in [6.45, 7) is 6.39. The van der Waals surface area contributed by atoms with Crippen LogP contribution in [0.4, 0.5) is 23.7 Å². The van der Waals surface area contributed by atoms with Crippen LogP contribution in [0.15, 0.2) is 35.7 Å². The summed E-state index contributed by atoms with van der Waals surface area (Å²) >= 11 is 6.11. The van der Waals surface area contributed by atoms with Gasteiger partial charge in [0.2, 0.25) is 0 Å². The van der Waals surface area contributed by atoms with Crippen LogP contribution >= 0.6 is 18.4 Å². The number of amides is 1. The molecule has 0 fully saturated rings. The van der Waals surface area contributed by atoms with Gasteiger partial charge in [0.15, 0.2) is 0 Å². The van der Waals surface area contributed by atoms with Crippen LogP contribution in [0.3, 0.4) is 0 Å². The van der Waals surface area contributed by atoms with Gasteiger partial charge in [-0.15, -0.1) is 0 Å². The van der Waals surface area contributed by atoms with E-state index in [-0.39, 0.29) is 28.8 Å². The minimum atomic E-state index is -6.08. The Morgan fingerprint density at radius 2 is 1.66 bits per heavy atom. The number of halogens is 4. The second-order valence-corrected chi connectivity index (χ2v) is 18.2. The van der Waals surface area contributed by atoms with E-state index in [1.54, 1.807) is 60.6 Å². The number of carbonyl (C=O) groups excluding carboxylic acids is 1. The van der Waals surface area contributed by atoms with Crippen LogP contribution in [0.25, 0.3) is 0 Å². The van der Waals surface area contributed by atoms with Crippen LogP contribution in [0.1, 0.15) is 48.5 Å². The van der Waals surface area contributed by atoms with E-state index in [4.69, 9.17) is 25.0 Å². The Morgan fingerprint density at radius 1 is 1.13 bits per heavy atom. The molecule has 14 heteroatoms. The van der Waals surface area contributed by atoms with E-state index in [1.807, 2.05) is 6.07 Å². The van der Waals surface area contributed by atoms with Crippen molar-refractivity contribution in [3.8, 4) is 6.07 Å². The predicted molar refractivity (Wildman–Crippen MR) is 144 cm³/mol. The van der Waals surface area contributed by atoms with Gasteiger partial charge in [0.05, 0.1) is 0 Å². The second kappa shape index (κ2) is 12.4. The van der Waals surface area contributed by atoms with Crippen LogP contribution in [0, 0.1) is 11.3 Å². The number of methoxy groups -OCH3 is 1. The molecule has 1 aromatic rings. The molecule has 216 valence electrons. The van der Waals surface area contributed by atoms with Crippen molar-refractivity contribution in [1.29, 1.82) is 5.26 Å². The summed E-state index contributed by atoms with van der Waals surface area (Å²) in [7, 11) is -4.90. The Balaban J connectivity index is 4.18. The molecular weight excluding hydrogens is 568 g/mol. The molecule has 0 N–H and O–H groups in total. The van der Waals surface area contributed by atoms with E-state index >= 15 is 0 Å². The third-order valence-electron chi connectivity index (χ3n) is 6.88. The first-order chi connectivity index (χ1) is 17.4. The number of nitriles is 1. The number of hydrogen-bond acceptors (Lipinski definition) is 7. The summed E-state index contributed by atoms with van der Waals surface area (Å²) in [5, 5.41) is 10.5. The Morgan fingerprint density at radius 3 is 2.03 bits per heavy atom. The van der Waals surface area contributed by atoms with E-state index in [9.17, 15) is 31.6 Å². The van der Waals surface area contributed by atoms with E-state index in [0.29, 0.717) is 0 Å². The third-order valence-corrected chi connectivity index (χ3v) is 18.0. The van der Waals surface area contributed by atoms with Crippen molar-refractivity contribution < 1.29 is 39.8 Å². The number of anilines is 1. The number of benzene rings is 1. The van der Waals surface area contributed by atoms with Gasteiger partial charge in [-0.3, -0.25) is 0 Å². The first-order valence-electron chi connectivity index (χ1n) is 11.8. The second-order valence-electron chi connectivity index (χ2n) is 9.47. The monoisotopic (exact) mass is 602 g/mol. The van der Waals surface area contributed by atoms with Crippen LogP contribution in [0.2, 0.25) is 5.02 Å². The maximum atomic E-state index is 13.7. The van der Waals surface area contributed by atoms with Crippen LogP contribution < -0.4 is 4.90 Å². The zero-order valence-corrected chi connectivity index (χ0v) is 25.1. The fraction of sp³-hybridized carbons (Fsp3) is 0.583. The van der Waals surface area contributed by atoms with Gasteiger partial charge in [-0.05, 0) is 0 Å².